The zero-order valence-corrected chi connectivity index (χ0v) is 8.02. The molecule has 0 atom stereocenters. The summed E-state index contributed by atoms with van der Waals surface area (Å²) in [7, 11) is 0. The molecule has 0 unspecified atom stereocenters. The van der Waals surface area contributed by atoms with E-state index in [0.29, 0.717) is 11.3 Å². The first-order valence-electron chi connectivity index (χ1n) is 3.95. The molecule has 1 fully saturated rings. The Bertz CT molecular complexity index is 179. The van der Waals surface area contributed by atoms with Gasteiger partial charge < -0.3 is 16.3 Å². The summed E-state index contributed by atoms with van der Waals surface area (Å²) in [5.41, 5.74) is 5.29. The lowest BCUT2D eigenvalue weighted by atomic mass is 10.4. The maximum Gasteiger partial charge on any atom is 0.153 e. The molecule has 70 valence electrons. The first kappa shape index (κ1) is 9.67. The number of nitrogens with two attached hydrogens (primary N) is 1. The van der Waals surface area contributed by atoms with Crippen LogP contribution in [0.2, 0.25) is 0 Å². The molecule has 0 amide bonds. The molecule has 1 saturated carbocycles. The van der Waals surface area contributed by atoms with Crippen molar-refractivity contribution in [1.82, 2.24) is 5.32 Å². The van der Waals surface area contributed by atoms with Gasteiger partial charge in [0.15, 0.2) is 5.84 Å². The van der Waals surface area contributed by atoms with Crippen LogP contribution in [0.1, 0.15) is 12.8 Å². The predicted octanol–water partition coefficient (Wildman–Crippen LogP) is 0.218. The highest BCUT2D eigenvalue weighted by Crippen LogP contribution is 2.46. The molecule has 0 radical (unpaired) electrons. The van der Waals surface area contributed by atoms with E-state index in [1.807, 2.05) is 11.8 Å². The standard InChI is InChI=1S/C7H15N3OS/c1-12-7(2-3-7)5-9-4-6(8)10-11/h9,11H,2-5H2,1H3,(H2,8,10). The van der Waals surface area contributed by atoms with Gasteiger partial charge in [-0.05, 0) is 19.1 Å². The molecule has 0 saturated heterocycles. The molecule has 0 aromatic rings. The molecule has 1 aliphatic rings. The number of amidine groups is 1. The summed E-state index contributed by atoms with van der Waals surface area (Å²) < 4.78 is 0.440. The van der Waals surface area contributed by atoms with Gasteiger partial charge in [0.1, 0.15) is 0 Å². The van der Waals surface area contributed by atoms with Crippen molar-refractivity contribution < 1.29 is 5.21 Å². The van der Waals surface area contributed by atoms with Gasteiger partial charge in [0.25, 0.3) is 0 Å². The van der Waals surface area contributed by atoms with E-state index >= 15 is 0 Å². The number of thioether (sulfide) groups is 1. The van der Waals surface area contributed by atoms with Gasteiger partial charge in [-0.25, -0.2) is 0 Å². The average molecular weight is 189 g/mol. The zero-order chi connectivity index (χ0) is 9.03. The number of nitrogens with zero attached hydrogens (tertiary/aromatic N) is 1. The minimum atomic E-state index is 0.243. The van der Waals surface area contributed by atoms with Gasteiger partial charge in [0, 0.05) is 11.3 Å². The smallest absolute Gasteiger partial charge is 0.153 e. The van der Waals surface area contributed by atoms with Gasteiger partial charge in [-0.2, -0.15) is 11.8 Å². The summed E-state index contributed by atoms with van der Waals surface area (Å²) in [6.45, 7) is 1.42. The van der Waals surface area contributed by atoms with Gasteiger partial charge in [0.05, 0.1) is 6.54 Å². The van der Waals surface area contributed by atoms with Crippen molar-refractivity contribution in [2.24, 2.45) is 10.9 Å². The fraction of sp³-hybridized carbons (Fsp3) is 0.857. The van der Waals surface area contributed by atoms with Gasteiger partial charge in [-0.15, -0.1) is 0 Å². The monoisotopic (exact) mass is 189 g/mol. The SMILES string of the molecule is CSC1(CNCC(N)=NO)CC1. The molecule has 0 aromatic heterocycles. The van der Waals surface area contributed by atoms with Crippen LogP contribution in [-0.2, 0) is 0 Å². The molecule has 0 heterocycles. The predicted molar refractivity (Wildman–Crippen MR) is 51.8 cm³/mol. The van der Waals surface area contributed by atoms with Crippen molar-refractivity contribution in [3.8, 4) is 0 Å². The van der Waals surface area contributed by atoms with E-state index in [0.717, 1.165) is 6.54 Å². The van der Waals surface area contributed by atoms with Crippen LogP contribution in [0, 0.1) is 0 Å². The summed E-state index contributed by atoms with van der Waals surface area (Å²) >= 11 is 1.89. The summed E-state index contributed by atoms with van der Waals surface area (Å²) in [5.74, 6) is 0.243. The van der Waals surface area contributed by atoms with E-state index in [4.69, 9.17) is 10.9 Å². The van der Waals surface area contributed by atoms with Crippen LogP contribution in [0.15, 0.2) is 5.16 Å². The minimum absolute atomic E-state index is 0.243. The summed E-state index contributed by atoms with van der Waals surface area (Å²) in [4.78, 5) is 0. The van der Waals surface area contributed by atoms with E-state index in [2.05, 4.69) is 16.7 Å². The van der Waals surface area contributed by atoms with Gasteiger partial charge in [0.2, 0.25) is 0 Å². The molecule has 12 heavy (non-hydrogen) atoms. The van der Waals surface area contributed by atoms with Crippen LogP contribution in [0.4, 0.5) is 0 Å². The Kier molecular flexibility index (Phi) is 3.22. The quantitative estimate of drug-likeness (QED) is 0.250. The van der Waals surface area contributed by atoms with Gasteiger partial charge in [-0.1, -0.05) is 5.16 Å². The molecule has 5 heteroatoms. The lowest BCUT2D eigenvalue weighted by Gasteiger charge is -2.11. The van der Waals surface area contributed by atoms with E-state index in [1.165, 1.54) is 12.8 Å². The largest absolute Gasteiger partial charge is 0.409 e. The van der Waals surface area contributed by atoms with E-state index in [-0.39, 0.29) is 5.84 Å². The first-order chi connectivity index (χ1) is 5.72. The van der Waals surface area contributed by atoms with Crippen LogP contribution in [-0.4, -0.2) is 35.1 Å². The number of nitrogens with one attached hydrogen (secondary N) is 1. The van der Waals surface area contributed by atoms with Crippen molar-refractivity contribution in [2.45, 2.75) is 17.6 Å². The van der Waals surface area contributed by atoms with Crippen molar-refractivity contribution >= 4 is 17.6 Å². The van der Waals surface area contributed by atoms with Crippen LogP contribution in [0.5, 0.6) is 0 Å². The third-order valence-corrected chi connectivity index (χ3v) is 3.54. The molecule has 4 N–H and O–H groups in total. The Hall–Kier alpha value is -0.420. The van der Waals surface area contributed by atoms with E-state index < -0.39 is 0 Å². The summed E-state index contributed by atoms with van der Waals surface area (Å²) in [6, 6.07) is 0. The van der Waals surface area contributed by atoms with Crippen LogP contribution >= 0.6 is 11.8 Å². The third kappa shape index (κ3) is 2.57. The number of hydrogen-bond acceptors (Lipinski definition) is 4. The summed E-state index contributed by atoms with van der Waals surface area (Å²) in [6.07, 6.45) is 4.67. The topological polar surface area (TPSA) is 70.6 Å². The van der Waals surface area contributed by atoms with E-state index in [9.17, 15) is 0 Å². The molecule has 0 aliphatic heterocycles. The van der Waals surface area contributed by atoms with Crippen molar-refractivity contribution in [3.63, 3.8) is 0 Å². The van der Waals surface area contributed by atoms with Crippen molar-refractivity contribution in [2.75, 3.05) is 19.3 Å². The molecule has 4 nitrogen and oxygen atoms in total. The number of rotatable bonds is 5. The molecule has 1 rings (SSSR count). The summed E-state index contributed by atoms with van der Waals surface area (Å²) in [5, 5.41) is 14.3. The number of hydrogen-bond donors (Lipinski definition) is 3. The second-order valence-corrected chi connectivity index (χ2v) is 4.36. The normalized spacial score (nSPS) is 20.9. The third-order valence-electron chi connectivity index (χ3n) is 2.12. The Morgan fingerprint density at radius 3 is 2.83 bits per heavy atom. The lowest BCUT2D eigenvalue weighted by Crippen LogP contribution is -2.34. The highest BCUT2D eigenvalue weighted by Gasteiger charge is 2.41. The highest BCUT2D eigenvalue weighted by molar-refractivity contribution is 8.00. The van der Waals surface area contributed by atoms with Gasteiger partial charge in [-0.3, -0.25) is 0 Å². The van der Waals surface area contributed by atoms with Crippen molar-refractivity contribution in [3.05, 3.63) is 0 Å². The highest BCUT2D eigenvalue weighted by atomic mass is 32.2. The average Bonchev–Trinajstić information content (AvgIpc) is 2.85. The minimum Gasteiger partial charge on any atom is -0.409 e. The van der Waals surface area contributed by atoms with Crippen LogP contribution < -0.4 is 11.1 Å². The maximum atomic E-state index is 8.25. The Morgan fingerprint density at radius 2 is 2.42 bits per heavy atom. The Morgan fingerprint density at radius 1 is 1.75 bits per heavy atom. The Labute approximate surface area is 76.6 Å². The molecular formula is C7H15N3OS. The Balaban J connectivity index is 2.10. The van der Waals surface area contributed by atoms with E-state index in [1.54, 1.807) is 0 Å². The lowest BCUT2D eigenvalue weighted by molar-refractivity contribution is 0.317. The molecule has 0 spiro atoms. The second kappa shape index (κ2) is 4.00. The number of oxime groups is 1. The van der Waals surface area contributed by atoms with Crippen LogP contribution in [0.3, 0.4) is 0 Å². The molecule has 0 aromatic carbocycles. The zero-order valence-electron chi connectivity index (χ0n) is 7.21. The molecule has 0 bridgehead atoms. The fourth-order valence-corrected chi connectivity index (χ4v) is 1.80. The second-order valence-electron chi connectivity index (χ2n) is 3.08. The van der Waals surface area contributed by atoms with Crippen molar-refractivity contribution in [1.29, 1.82) is 0 Å². The fourth-order valence-electron chi connectivity index (χ4n) is 1.05. The molecular weight excluding hydrogens is 174 g/mol. The first-order valence-corrected chi connectivity index (χ1v) is 5.17. The van der Waals surface area contributed by atoms with Gasteiger partial charge >= 0.3 is 0 Å². The maximum absolute atomic E-state index is 8.25. The van der Waals surface area contributed by atoms with Crippen LogP contribution in [0.25, 0.3) is 0 Å². The molecule has 1 aliphatic carbocycles.